The highest BCUT2D eigenvalue weighted by Crippen LogP contribution is 2.28. The number of hydrogen-bond acceptors (Lipinski definition) is 4. The largest absolute Gasteiger partial charge is 0.492 e. The van der Waals surface area contributed by atoms with Crippen molar-refractivity contribution in [1.82, 2.24) is 10.3 Å². The van der Waals surface area contributed by atoms with Crippen LogP contribution in [0.2, 0.25) is 0 Å². The first kappa shape index (κ1) is 13.8. The number of ether oxygens (including phenoxy) is 1. The topological polar surface area (TPSA) is 77.2 Å². The van der Waals surface area contributed by atoms with Crippen molar-refractivity contribution in [2.75, 3.05) is 19.7 Å². The fraction of sp³-hybridized carbons (Fsp3) is 0.375. The zero-order chi connectivity index (χ0) is 14.7. The van der Waals surface area contributed by atoms with Gasteiger partial charge in [0.15, 0.2) is 0 Å². The second-order valence-corrected chi connectivity index (χ2v) is 5.41. The number of fused-ring (bicyclic) bond motifs is 1. The van der Waals surface area contributed by atoms with Gasteiger partial charge < -0.3 is 15.8 Å². The van der Waals surface area contributed by atoms with E-state index in [4.69, 9.17) is 10.5 Å². The predicted octanol–water partition coefficient (Wildman–Crippen LogP) is 1.71. The molecule has 1 aliphatic heterocycles. The van der Waals surface area contributed by atoms with Crippen LogP contribution in [-0.4, -0.2) is 30.6 Å². The van der Waals surface area contributed by atoms with Crippen LogP contribution in [0.5, 0.6) is 5.75 Å². The number of para-hydroxylation sites is 1. The van der Waals surface area contributed by atoms with Crippen molar-refractivity contribution in [3.8, 4) is 5.75 Å². The number of nitrogens with zero attached hydrogens (tertiary/aromatic N) is 1. The van der Waals surface area contributed by atoms with E-state index in [2.05, 4.69) is 10.3 Å². The Bertz CT molecular complexity index is 651. The molecule has 1 fully saturated rings. The molecule has 0 bridgehead atoms. The van der Waals surface area contributed by atoms with Crippen LogP contribution in [0.1, 0.15) is 23.2 Å². The van der Waals surface area contributed by atoms with Crippen LogP contribution in [0.15, 0.2) is 30.5 Å². The van der Waals surface area contributed by atoms with Crippen LogP contribution in [0.25, 0.3) is 10.9 Å². The summed E-state index contributed by atoms with van der Waals surface area (Å²) in [6.45, 7) is 2.61. The molecule has 1 amide bonds. The lowest BCUT2D eigenvalue weighted by molar-refractivity contribution is 0.0995. The van der Waals surface area contributed by atoms with Gasteiger partial charge in [-0.15, -0.1) is 0 Å². The van der Waals surface area contributed by atoms with Crippen molar-refractivity contribution in [1.29, 1.82) is 0 Å². The average Bonchev–Trinajstić information content (AvgIpc) is 2.53. The Morgan fingerprint density at radius 2 is 2.29 bits per heavy atom. The molecular formula is C16H19N3O2. The number of benzene rings is 1. The van der Waals surface area contributed by atoms with Gasteiger partial charge in [-0.1, -0.05) is 12.1 Å². The smallest absolute Gasteiger partial charge is 0.254 e. The van der Waals surface area contributed by atoms with E-state index < -0.39 is 5.91 Å². The van der Waals surface area contributed by atoms with Crippen LogP contribution in [-0.2, 0) is 0 Å². The molecule has 1 saturated heterocycles. The van der Waals surface area contributed by atoms with Crippen molar-refractivity contribution in [3.63, 3.8) is 0 Å². The van der Waals surface area contributed by atoms with E-state index in [0.717, 1.165) is 36.8 Å². The zero-order valence-electron chi connectivity index (χ0n) is 11.8. The third-order valence-corrected chi connectivity index (χ3v) is 3.85. The van der Waals surface area contributed by atoms with Crippen molar-refractivity contribution in [2.24, 2.45) is 11.7 Å². The molecular weight excluding hydrogens is 266 g/mol. The summed E-state index contributed by atoms with van der Waals surface area (Å²) in [5.74, 6) is 0.509. The third-order valence-electron chi connectivity index (χ3n) is 3.85. The number of piperidine rings is 1. The minimum absolute atomic E-state index is 0.345. The molecule has 3 rings (SSSR count). The lowest BCUT2D eigenvalue weighted by Crippen LogP contribution is -2.33. The average molecular weight is 285 g/mol. The number of nitrogens with two attached hydrogens (primary N) is 1. The number of carbonyl (C=O) groups is 1. The first-order valence-corrected chi connectivity index (χ1v) is 7.27. The lowest BCUT2D eigenvalue weighted by Gasteiger charge is -2.23. The van der Waals surface area contributed by atoms with Gasteiger partial charge in [-0.25, -0.2) is 0 Å². The Labute approximate surface area is 123 Å². The molecule has 1 aromatic heterocycles. The van der Waals surface area contributed by atoms with Gasteiger partial charge in [-0.05, 0) is 31.5 Å². The van der Waals surface area contributed by atoms with Crippen molar-refractivity contribution >= 4 is 16.8 Å². The van der Waals surface area contributed by atoms with Gasteiger partial charge in [-0.2, -0.15) is 0 Å². The highest BCUT2D eigenvalue weighted by molar-refractivity contribution is 6.01. The molecule has 1 aromatic carbocycles. The van der Waals surface area contributed by atoms with Crippen LogP contribution in [0.4, 0.5) is 0 Å². The second-order valence-electron chi connectivity index (χ2n) is 5.41. The molecule has 1 unspecified atom stereocenters. The summed E-state index contributed by atoms with van der Waals surface area (Å²) in [5.41, 5.74) is 6.59. The van der Waals surface area contributed by atoms with Gasteiger partial charge in [0, 0.05) is 24.0 Å². The summed E-state index contributed by atoms with van der Waals surface area (Å²) in [5, 5.41) is 4.19. The summed E-state index contributed by atoms with van der Waals surface area (Å²) in [6.07, 6.45) is 3.80. The maximum Gasteiger partial charge on any atom is 0.254 e. The third kappa shape index (κ3) is 2.97. The fourth-order valence-corrected chi connectivity index (χ4v) is 2.71. The number of amides is 1. The number of carbonyl (C=O) groups excluding carboxylic acids is 1. The minimum atomic E-state index is -0.509. The maximum atomic E-state index is 11.6. The van der Waals surface area contributed by atoms with Gasteiger partial charge in [0.2, 0.25) is 0 Å². The molecule has 0 radical (unpaired) electrons. The Morgan fingerprint density at radius 3 is 3.05 bits per heavy atom. The summed E-state index contributed by atoms with van der Waals surface area (Å²) >= 11 is 0. The van der Waals surface area contributed by atoms with Crippen LogP contribution >= 0.6 is 0 Å². The normalized spacial score (nSPS) is 18.6. The number of hydrogen-bond donors (Lipinski definition) is 2. The summed E-state index contributed by atoms with van der Waals surface area (Å²) in [6, 6.07) is 7.62. The highest BCUT2D eigenvalue weighted by atomic mass is 16.5. The van der Waals surface area contributed by atoms with Crippen LogP contribution in [0, 0.1) is 5.92 Å². The van der Waals surface area contributed by atoms with Crippen molar-refractivity contribution in [2.45, 2.75) is 12.8 Å². The van der Waals surface area contributed by atoms with E-state index in [1.54, 1.807) is 0 Å². The van der Waals surface area contributed by atoms with Gasteiger partial charge in [0.05, 0.1) is 12.1 Å². The molecule has 5 heteroatoms. The molecule has 1 atom stereocenters. The van der Waals surface area contributed by atoms with E-state index in [1.165, 1.54) is 6.20 Å². The van der Waals surface area contributed by atoms with Gasteiger partial charge in [0.25, 0.3) is 5.91 Å². The Balaban J connectivity index is 1.90. The SMILES string of the molecule is NC(=O)c1cnc2ccccc2c1OCC1CCCNC1. The van der Waals surface area contributed by atoms with E-state index in [-0.39, 0.29) is 0 Å². The molecule has 1 aliphatic rings. The summed E-state index contributed by atoms with van der Waals surface area (Å²) < 4.78 is 5.97. The molecule has 2 aromatic rings. The molecule has 0 spiro atoms. The minimum Gasteiger partial charge on any atom is -0.492 e. The zero-order valence-corrected chi connectivity index (χ0v) is 11.8. The van der Waals surface area contributed by atoms with Gasteiger partial charge in [0.1, 0.15) is 11.3 Å². The number of pyridine rings is 1. The Kier molecular flexibility index (Phi) is 4.01. The molecule has 110 valence electrons. The number of rotatable bonds is 4. The van der Waals surface area contributed by atoms with Crippen molar-refractivity contribution < 1.29 is 9.53 Å². The summed E-state index contributed by atoms with van der Waals surface area (Å²) in [7, 11) is 0. The van der Waals surface area contributed by atoms with E-state index in [9.17, 15) is 4.79 Å². The quantitative estimate of drug-likeness (QED) is 0.896. The predicted molar refractivity (Wildman–Crippen MR) is 81.3 cm³/mol. The first-order valence-electron chi connectivity index (χ1n) is 7.27. The number of primary amides is 1. The molecule has 21 heavy (non-hydrogen) atoms. The summed E-state index contributed by atoms with van der Waals surface area (Å²) in [4.78, 5) is 15.9. The molecule has 0 aliphatic carbocycles. The maximum absolute atomic E-state index is 11.6. The van der Waals surface area contributed by atoms with E-state index in [0.29, 0.717) is 23.8 Å². The molecule has 0 saturated carbocycles. The van der Waals surface area contributed by atoms with Crippen LogP contribution < -0.4 is 15.8 Å². The van der Waals surface area contributed by atoms with Crippen molar-refractivity contribution in [3.05, 3.63) is 36.0 Å². The van der Waals surface area contributed by atoms with E-state index >= 15 is 0 Å². The lowest BCUT2D eigenvalue weighted by atomic mass is 10.0. The standard InChI is InChI=1S/C16H19N3O2/c17-16(20)13-9-19-14-6-2-1-5-12(14)15(13)21-10-11-4-3-7-18-8-11/h1-2,5-6,9,11,18H,3-4,7-8,10H2,(H2,17,20). The van der Waals surface area contributed by atoms with Gasteiger partial charge in [-0.3, -0.25) is 9.78 Å². The van der Waals surface area contributed by atoms with E-state index in [1.807, 2.05) is 24.3 Å². The second kappa shape index (κ2) is 6.10. The molecule has 5 nitrogen and oxygen atoms in total. The first-order chi connectivity index (χ1) is 10.3. The van der Waals surface area contributed by atoms with Crippen LogP contribution in [0.3, 0.4) is 0 Å². The Hall–Kier alpha value is -2.14. The molecule has 3 N–H and O–H groups in total. The highest BCUT2D eigenvalue weighted by Gasteiger charge is 2.18. The number of aromatic nitrogens is 1. The Morgan fingerprint density at radius 1 is 1.43 bits per heavy atom. The molecule has 2 heterocycles. The fourth-order valence-electron chi connectivity index (χ4n) is 2.71. The van der Waals surface area contributed by atoms with Gasteiger partial charge >= 0.3 is 0 Å². The number of nitrogens with one attached hydrogen (secondary N) is 1. The monoisotopic (exact) mass is 285 g/mol.